The van der Waals surface area contributed by atoms with Gasteiger partial charge < -0.3 is 15.0 Å². The molecular formula is C6H9NaO5. The average molecular weight is 191 g/mol. The number of hydrogen-bond acceptors (Lipinski definition) is 4. The zero-order valence-electron chi connectivity index (χ0n) is 11.6. The van der Waals surface area contributed by atoms with E-state index in [0.29, 0.717) is 0 Å². The average Bonchev–Trinajstić information content (AvgIpc) is 2.02. The maximum Gasteiger partial charge on any atom is 1.00 e. The van der Waals surface area contributed by atoms with Gasteiger partial charge in [0.15, 0.2) is 0 Å². The summed E-state index contributed by atoms with van der Waals surface area (Å²) in [4.78, 5) is 28.7. The molecule has 12 heavy (non-hydrogen) atoms. The Morgan fingerprint density at radius 3 is 1.92 bits per heavy atom. The van der Waals surface area contributed by atoms with Gasteiger partial charge in [-0.25, -0.2) is 4.79 Å². The fraction of sp³-hybridized carbons (Fsp3) is 0.500. The first-order valence-corrected chi connectivity index (χ1v) is 2.29. The molecule has 0 aromatic rings. The number of ketones is 1. The number of carbonyl (C=O) groups excluding carboxylic acids is 2. The van der Waals surface area contributed by atoms with Crippen LogP contribution in [0.4, 0.5) is 0 Å². The number of carboxylic acids is 2. The molecular weight excluding hydrogens is 177 g/mol. The number of carbonyl (C=O) groups is 3. The van der Waals surface area contributed by atoms with Gasteiger partial charge >= 0.3 is 35.5 Å². The van der Waals surface area contributed by atoms with E-state index in [0.717, 1.165) is 6.92 Å². The predicted octanol–water partition coefficient (Wildman–Crippen LogP) is -4.19. The van der Waals surface area contributed by atoms with E-state index in [1.807, 2.05) is 0 Å². The van der Waals surface area contributed by atoms with Crippen LogP contribution in [0.1, 0.15) is 27.0 Å². The summed E-state index contributed by atoms with van der Waals surface area (Å²) in [6.45, 7) is -2.16. The van der Waals surface area contributed by atoms with Gasteiger partial charge in [0.1, 0.15) is 0 Å². The second-order valence-corrected chi connectivity index (χ2v) is 1.27. The number of aliphatic carboxylic acids is 2. The van der Waals surface area contributed by atoms with Crippen LogP contribution < -0.4 is 34.7 Å². The SMILES string of the molecule is C[13C](=O)[13C](=O)O.[2H]C([2H])([2H])C([2H])([2H])C(=O)[O-].[Na+]. The van der Waals surface area contributed by atoms with Crippen LogP contribution in [0.3, 0.4) is 0 Å². The molecule has 0 fully saturated rings. The zero-order valence-corrected chi connectivity index (χ0v) is 8.58. The molecule has 64 valence electrons. The van der Waals surface area contributed by atoms with E-state index < -0.39 is 30.9 Å². The Kier molecular flexibility index (Phi) is 6.24. The van der Waals surface area contributed by atoms with Crippen LogP contribution in [0, 0.1) is 0 Å². The van der Waals surface area contributed by atoms with Gasteiger partial charge in [-0.05, 0) is 6.37 Å². The van der Waals surface area contributed by atoms with Crippen molar-refractivity contribution < 1.29 is 61.0 Å². The second kappa shape index (κ2) is 10.6. The monoisotopic (exact) mass is 191 g/mol. The molecule has 0 aliphatic rings. The molecule has 0 atom stereocenters. The first-order chi connectivity index (χ1) is 6.84. The maximum absolute atomic E-state index is 9.82. The predicted molar refractivity (Wildman–Crippen MR) is 33.6 cm³/mol. The standard InChI is InChI=1S/C3H4O3.C3H6O2.Na/c1-2(4)3(5)6;1-2-3(4)5;/h1H3,(H,5,6);2H2,1H3,(H,4,5);/q;;+1/p-1/i2+1,3+1;1D3,2D2;. The fourth-order valence-corrected chi connectivity index (χ4v) is 0. The quantitative estimate of drug-likeness (QED) is 0.271. The summed E-state index contributed by atoms with van der Waals surface area (Å²) in [5, 5.41) is 17.5. The van der Waals surface area contributed by atoms with Crippen molar-refractivity contribution in [2.45, 2.75) is 20.1 Å². The van der Waals surface area contributed by atoms with Crippen molar-refractivity contribution in [3.63, 3.8) is 0 Å². The molecule has 0 saturated carbocycles. The van der Waals surface area contributed by atoms with E-state index in [4.69, 9.17) is 12.0 Å². The van der Waals surface area contributed by atoms with Crippen molar-refractivity contribution in [3.05, 3.63) is 0 Å². The van der Waals surface area contributed by atoms with Crippen molar-refractivity contribution in [2.24, 2.45) is 0 Å². The third kappa shape index (κ3) is 22.6. The Morgan fingerprint density at radius 1 is 1.58 bits per heavy atom. The topological polar surface area (TPSA) is 94.5 Å². The molecule has 0 unspecified atom stereocenters. The van der Waals surface area contributed by atoms with Crippen molar-refractivity contribution in [1.29, 1.82) is 0 Å². The summed E-state index contributed by atoms with van der Waals surface area (Å²) >= 11 is 0. The molecule has 0 spiro atoms. The minimum atomic E-state index is -3.26. The summed E-state index contributed by atoms with van der Waals surface area (Å²) in [7, 11) is 0. The van der Waals surface area contributed by atoms with Gasteiger partial charge in [0.05, 0.1) is 0 Å². The van der Waals surface area contributed by atoms with Crippen LogP contribution in [0.5, 0.6) is 0 Å². The molecule has 0 heterocycles. The molecule has 6 heteroatoms. The molecule has 5 nitrogen and oxygen atoms in total. The number of hydrogen-bond donors (Lipinski definition) is 1. The van der Waals surface area contributed by atoms with Crippen molar-refractivity contribution >= 4 is 17.7 Å². The minimum Gasteiger partial charge on any atom is -0.550 e. The summed E-state index contributed by atoms with van der Waals surface area (Å²) in [5.41, 5.74) is 0. The zero-order chi connectivity index (χ0) is 13.7. The Balaban J connectivity index is -0.000000244. The van der Waals surface area contributed by atoms with E-state index in [1.54, 1.807) is 0 Å². The van der Waals surface area contributed by atoms with Crippen LogP contribution in [-0.2, 0) is 14.4 Å². The summed E-state index contributed by atoms with van der Waals surface area (Å²) in [5.74, 6) is -4.42. The third-order valence-electron chi connectivity index (χ3n) is 0.403. The van der Waals surface area contributed by atoms with E-state index in [2.05, 4.69) is 0 Å². The fourth-order valence-electron chi connectivity index (χ4n) is 0. The van der Waals surface area contributed by atoms with Crippen molar-refractivity contribution in [1.82, 2.24) is 0 Å². The molecule has 0 saturated heterocycles. The smallest absolute Gasteiger partial charge is 0.550 e. The molecule has 0 aliphatic carbocycles. The number of Topliss-reactive ketones (excluding diaryl/α,β-unsaturated/α-hetero) is 1. The van der Waals surface area contributed by atoms with Gasteiger partial charge in [-0.2, -0.15) is 0 Å². The van der Waals surface area contributed by atoms with Gasteiger partial charge in [-0.1, -0.05) is 6.85 Å². The molecule has 0 radical (unpaired) electrons. The van der Waals surface area contributed by atoms with Gasteiger partial charge in [0.2, 0.25) is 5.78 Å². The molecule has 0 bridgehead atoms. The van der Waals surface area contributed by atoms with Crippen LogP contribution >= 0.6 is 0 Å². The summed E-state index contributed by atoms with van der Waals surface area (Å²) in [6, 6.07) is 0. The number of rotatable bonds is 2. The first-order valence-electron chi connectivity index (χ1n) is 4.79. The van der Waals surface area contributed by atoms with E-state index in [9.17, 15) is 19.5 Å². The molecule has 0 aliphatic heterocycles. The Bertz CT molecular complexity index is 288. The van der Waals surface area contributed by atoms with E-state index in [-0.39, 0.29) is 29.6 Å². The summed E-state index contributed by atoms with van der Waals surface area (Å²) in [6.07, 6.45) is -3.26. The van der Waals surface area contributed by atoms with E-state index >= 15 is 0 Å². The molecule has 0 rings (SSSR count). The van der Waals surface area contributed by atoms with Crippen LogP contribution in [0.25, 0.3) is 0 Å². The van der Waals surface area contributed by atoms with Crippen LogP contribution in [0.15, 0.2) is 0 Å². The largest absolute Gasteiger partial charge is 1.00 e. The Labute approximate surface area is 99.1 Å². The third-order valence-corrected chi connectivity index (χ3v) is 0.403. The maximum atomic E-state index is 9.82. The molecule has 0 amide bonds. The normalized spacial score (nSPS) is 15.2. The van der Waals surface area contributed by atoms with E-state index in [1.165, 1.54) is 0 Å². The number of carboxylic acid groups (broad SMARTS) is 2. The molecule has 0 aromatic carbocycles. The van der Waals surface area contributed by atoms with Gasteiger partial charge in [-0.15, -0.1) is 0 Å². The van der Waals surface area contributed by atoms with Crippen LogP contribution in [0.2, 0.25) is 0 Å². The van der Waals surface area contributed by atoms with Crippen LogP contribution in [-0.4, -0.2) is 22.8 Å². The van der Waals surface area contributed by atoms with Gasteiger partial charge in [-0.3, -0.25) is 4.79 Å². The summed E-state index contributed by atoms with van der Waals surface area (Å²) < 4.78 is 32.2. The van der Waals surface area contributed by atoms with Gasteiger partial charge in [0, 0.05) is 19.7 Å². The molecule has 1 N–H and O–H groups in total. The van der Waals surface area contributed by atoms with Crippen molar-refractivity contribution in [3.8, 4) is 0 Å². The molecule has 0 aromatic heterocycles. The van der Waals surface area contributed by atoms with Gasteiger partial charge in [0.25, 0.3) is 0 Å². The second-order valence-electron chi connectivity index (χ2n) is 1.27. The van der Waals surface area contributed by atoms with Crippen molar-refractivity contribution in [2.75, 3.05) is 0 Å². The Hall–Kier alpha value is -0.390. The first kappa shape index (κ1) is 7.06. The Morgan fingerprint density at radius 2 is 1.92 bits per heavy atom. The minimum absolute atomic E-state index is 0.